The molecule has 0 amide bonds. The molecule has 6 nitrogen and oxygen atoms in total. The highest BCUT2D eigenvalue weighted by molar-refractivity contribution is 7.99. The van der Waals surface area contributed by atoms with Gasteiger partial charge in [0.25, 0.3) is 0 Å². The van der Waals surface area contributed by atoms with Crippen LogP contribution >= 0.6 is 23.4 Å². The summed E-state index contributed by atoms with van der Waals surface area (Å²) in [7, 11) is 0. The van der Waals surface area contributed by atoms with Gasteiger partial charge < -0.3 is 16.2 Å². The summed E-state index contributed by atoms with van der Waals surface area (Å²) in [6.07, 6.45) is 1.48. The Bertz CT molecular complexity index is 1010. The Morgan fingerprint density at radius 1 is 1.14 bits per heavy atom. The first-order valence-corrected chi connectivity index (χ1v) is 9.89. The number of benzene rings is 2. The Kier molecular flexibility index (Phi) is 6.38. The smallest absolute Gasteiger partial charge is 0.232 e. The van der Waals surface area contributed by atoms with Gasteiger partial charge in [-0.05, 0) is 49.7 Å². The molecule has 1 aromatic heterocycles. The molecule has 8 heteroatoms. The first kappa shape index (κ1) is 20.0. The van der Waals surface area contributed by atoms with Gasteiger partial charge in [-0.25, -0.2) is 0 Å². The summed E-state index contributed by atoms with van der Waals surface area (Å²) in [5.74, 6) is 1.18. The van der Waals surface area contributed by atoms with Crippen molar-refractivity contribution in [3.8, 4) is 0 Å². The molecule has 0 saturated heterocycles. The molecule has 2 aromatic carbocycles. The first-order valence-electron chi connectivity index (χ1n) is 8.53. The fourth-order valence-electron chi connectivity index (χ4n) is 2.48. The largest absolute Gasteiger partial charge is 0.511 e. The number of halogens is 1. The zero-order valence-electron chi connectivity index (χ0n) is 15.5. The van der Waals surface area contributed by atoms with Gasteiger partial charge in [0.2, 0.25) is 11.9 Å². The van der Waals surface area contributed by atoms with Crippen LogP contribution in [0.2, 0.25) is 5.02 Å². The van der Waals surface area contributed by atoms with Crippen molar-refractivity contribution in [1.29, 1.82) is 0 Å². The van der Waals surface area contributed by atoms with Crippen LogP contribution in [0.25, 0.3) is 6.08 Å². The number of nitrogen functional groups attached to an aromatic ring is 1. The molecule has 3 rings (SSSR count). The van der Waals surface area contributed by atoms with E-state index in [0.717, 1.165) is 16.1 Å². The summed E-state index contributed by atoms with van der Waals surface area (Å²) in [5.41, 5.74) is 8.92. The van der Waals surface area contributed by atoms with Gasteiger partial charge in [0, 0.05) is 21.7 Å². The molecular formula is C20H20ClN5OS. The molecule has 0 saturated carbocycles. The number of aliphatic hydroxyl groups is 1. The van der Waals surface area contributed by atoms with E-state index < -0.39 is 0 Å². The van der Waals surface area contributed by atoms with E-state index in [1.165, 1.54) is 23.4 Å². The first-order chi connectivity index (χ1) is 13.4. The predicted molar refractivity (Wildman–Crippen MR) is 116 cm³/mol. The molecule has 4 N–H and O–H groups in total. The van der Waals surface area contributed by atoms with Crippen molar-refractivity contribution in [3.63, 3.8) is 0 Å². The molecule has 0 aliphatic heterocycles. The zero-order chi connectivity index (χ0) is 20.1. The van der Waals surface area contributed by atoms with Gasteiger partial charge in [-0.1, -0.05) is 29.3 Å². The van der Waals surface area contributed by atoms with Gasteiger partial charge in [-0.3, -0.25) is 0 Å². The van der Waals surface area contributed by atoms with Crippen LogP contribution in [-0.4, -0.2) is 25.8 Å². The number of anilines is 3. The van der Waals surface area contributed by atoms with Gasteiger partial charge >= 0.3 is 0 Å². The number of nitrogens with two attached hydrogens (primary N) is 1. The average Bonchev–Trinajstić information content (AvgIpc) is 2.63. The Morgan fingerprint density at radius 2 is 1.89 bits per heavy atom. The van der Waals surface area contributed by atoms with Crippen molar-refractivity contribution in [2.45, 2.75) is 18.7 Å². The topological polar surface area (TPSA) is 97.0 Å². The minimum absolute atomic E-state index is 0.0756. The third kappa shape index (κ3) is 5.61. The summed E-state index contributed by atoms with van der Waals surface area (Å²) in [6, 6.07) is 13.4. The number of rotatable bonds is 6. The van der Waals surface area contributed by atoms with Crippen LogP contribution in [0.4, 0.5) is 17.6 Å². The number of thioether (sulfide) groups is 1. The molecular weight excluding hydrogens is 394 g/mol. The SMILES string of the molecule is Cc1ccc(Nc2nc(N)nc(/C=C(/O)CSc3ccc(Cl)cc3)n2)c(C)c1. The quantitative estimate of drug-likeness (QED) is 0.379. The van der Waals surface area contributed by atoms with Crippen LogP contribution in [0, 0.1) is 13.8 Å². The molecule has 0 unspecified atom stereocenters. The Labute approximate surface area is 172 Å². The molecule has 3 aromatic rings. The van der Waals surface area contributed by atoms with Gasteiger partial charge in [0.15, 0.2) is 5.82 Å². The van der Waals surface area contributed by atoms with Crippen LogP contribution in [0.3, 0.4) is 0 Å². The third-order valence-corrected chi connectivity index (χ3v) is 5.09. The van der Waals surface area contributed by atoms with Crippen LogP contribution < -0.4 is 11.1 Å². The summed E-state index contributed by atoms with van der Waals surface area (Å²) >= 11 is 7.35. The molecule has 0 bridgehead atoms. The fraction of sp³-hybridized carbons (Fsp3) is 0.150. The second kappa shape index (κ2) is 8.95. The van der Waals surface area contributed by atoms with E-state index in [4.69, 9.17) is 17.3 Å². The molecule has 0 aliphatic carbocycles. The number of aromatic nitrogens is 3. The Hall–Kier alpha value is -2.77. The number of nitrogens with one attached hydrogen (secondary N) is 1. The Balaban J connectivity index is 1.72. The number of aliphatic hydroxyl groups excluding tert-OH is 1. The van der Waals surface area contributed by atoms with Crippen LogP contribution in [-0.2, 0) is 0 Å². The van der Waals surface area contributed by atoms with Crippen LogP contribution in [0.5, 0.6) is 0 Å². The molecule has 28 heavy (non-hydrogen) atoms. The lowest BCUT2D eigenvalue weighted by atomic mass is 10.1. The maximum atomic E-state index is 10.2. The molecule has 1 heterocycles. The normalized spacial score (nSPS) is 11.5. The van der Waals surface area contributed by atoms with Crippen molar-refractivity contribution in [2.75, 3.05) is 16.8 Å². The summed E-state index contributed by atoms with van der Waals surface area (Å²) < 4.78 is 0. The Morgan fingerprint density at radius 3 is 2.61 bits per heavy atom. The van der Waals surface area contributed by atoms with Crippen LogP contribution in [0.15, 0.2) is 53.1 Å². The van der Waals surface area contributed by atoms with Crippen molar-refractivity contribution < 1.29 is 5.11 Å². The molecule has 0 spiro atoms. The lowest BCUT2D eigenvalue weighted by molar-refractivity contribution is 0.422. The van der Waals surface area contributed by atoms with Crippen molar-refractivity contribution in [2.24, 2.45) is 0 Å². The van der Waals surface area contributed by atoms with Crippen LogP contribution in [0.1, 0.15) is 17.0 Å². The predicted octanol–water partition coefficient (Wildman–Crippen LogP) is 5.16. The third-order valence-electron chi connectivity index (χ3n) is 3.79. The molecule has 0 aliphatic rings. The second-order valence-corrected chi connectivity index (χ2v) is 7.68. The van der Waals surface area contributed by atoms with Crippen molar-refractivity contribution in [1.82, 2.24) is 15.0 Å². The van der Waals surface area contributed by atoms with E-state index in [9.17, 15) is 5.11 Å². The van der Waals surface area contributed by atoms with Gasteiger partial charge in [-0.15, -0.1) is 11.8 Å². The van der Waals surface area contributed by atoms with E-state index in [0.29, 0.717) is 16.7 Å². The monoisotopic (exact) mass is 413 g/mol. The minimum atomic E-state index is 0.0756. The van der Waals surface area contributed by atoms with Crippen molar-refractivity contribution >= 4 is 47.0 Å². The molecule has 0 atom stereocenters. The average molecular weight is 414 g/mol. The zero-order valence-corrected chi connectivity index (χ0v) is 17.1. The number of hydrogen-bond donors (Lipinski definition) is 3. The molecule has 0 radical (unpaired) electrons. The lowest BCUT2D eigenvalue weighted by Gasteiger charge is -2.09. The van der Waals surface area contributed by atoms with Gasteiger partial charge in [0.1, 0.15) is 5.76 Å². The van der Waals surface area contributed by atoms with E-state index in [1.807, 2.05) is 50.2 Å². The minimum Gasteiger partial charge on any atom is -0.511 e. The van der Waals surface area contributed by atoms with Gasteiger partial charge in [-0.2, -0.15) is 15.0 Å². The maximum Gasteiger partial charge on any atom is 0.232 e. The summed E-state index contributed by atoms with van der Waals surface area (Å²) in [6.45, 7) is 4.03. The molecule has 0 fully saturated rings. The fourth-order valence-corrected chi connectivity index (χ4v) is 3.34. The second-order valence-electron chi connectivity index (χ2n) is 6.20. The number of hydrogen-bond acceptors (Lipinski definition) is 7. The maximum absolute atomic E-state index is 10.2. The van der Waals surface area contributed by atoms with E-state index >= 15 is 0 Å². The van der Waals surface area contributed by atoms with E-state index in [1.54, 1.807) is 0 Å². The highest BCUT2D eigenvalue weighted by Gasteiger charge is 2.07. The number of aryl methyl sites for hydroxylation is 2. The van der Waals surface area contributed by atoms with E-state index in [2.05, 4.69) is 26.3 Å². The van der Waals surface area contributed by atoms with Crippen molar-refractivity contribution in [3.05, 3.63) is 70.2 Å². The standard InChI is InChI=1S/C20H20ClN5OS/c1-12-3-8-17(13(2)9-12)23-20-25-18(24-19(22)26-20)10-15(27)11-28-16-6-4-14(21)5-7-16/h3-10,27H,11H2,1-2H3,(H3,22,23,24,25,26)/b15-10+. The summed E-state index contributed by atoms with van der Waals surface area (Å²) in [5, 5.41) is 14.0. The highest BCUT2D eigenvalue weighted by atomic mass is 35.5. The lowest BCUT2D eigenvalue weighted by Crippen LogP contribution is -2.06. The summed E-state index contributed by atoms with van der Waals surface area (Å²) in [4.78, 5) is 13.5. The highest BCUT2D eigenvalue weighted by Crippen LogP contribution is 2.23. The number of nitrogens with zero attached hydrogens (tertiary/aromatic N) is 3. The van der Waals surface area contributed by atoms with E-state index in [-0.39, 0.29) is 17.5 Å². The molecule has 144 valence electrons. The van der Waals surface area contributed by atoms with Gasteiger partial charge in [0.05, 0.1) is 5.75 Å².